The minimum atomic E-state index is -0.653. The van der Waals surface area contributed by atoms with E-state index in [1.807, 2.05) is 0 Å². The van der Waals surface area contributed by atoms with E-state index in [-0.39, 0.29) is 5.92 Å². The van der Waals surface area contributed by atoms with Crippen molar-refractivity contribution in [2.75, 3.05) is 0 Å². The normalized spacial score (nSPS) is 28.3. The van der Waals surface area contributed by atoms with Crippen LogP contribution in [0.15, 0.2) is 11.6 Å². The molecule has 0 radical (unpaired) electrons. The van der Waals surface area contributed by atoms with Gasteiger partial charge in [-0.25, -0.2) is 4.39 Å². The van der Waals surface area contributed by atoms with Crippen LogP contribution in [0.5, 0.6) is 0 Å². The smallest absolute Gasteiger partial charge is 0.100 e. The maximum atomic E-state index is 14.0. The van der Waals surface area contributed by atoms with Crippen molar-refractivity contribution < 1.29 is 4.39 Å². The molecule has 0 aromatic rings. The molecular weight excluding hydrogens is 319 g/mol. The second-order valence-electron chi connectivity index (χ2n) is 9.58. The molecule has 0 aliphatic heterocycles. The molecule has 7 unspecified atom stereocenters. The summed E-state index contributed by atoms with van der Waals surface area (Å²) in [6, 6.07) is 0. The van der Waals surface area contributed by atoms with Gasteiger partial charge in [0.1, 0.15) is 6.17 Å². The molecule has 0 saturated carbocycles. The molecule has 1 rings (SSSR count). The van der Waals surface area contributed by atoms with Crippen molar-refractivity contribution in [3.8, 4) is 0 Å². The maximum absolute atomic E-state index is 14.0. The third-order valence-corrected chi connectivity index (χ3v) is 7.63. The molecule has 0 bridgehead atoms. The van der Waals surface area contributed by atoms with Crippen molar-refractivity contribution in [3.05, 3.63) is 11.6 Å². The van der Waals surface area contributed by atoms with Gasteiger partial charge >= 0.3 is 0 Å². The van der Waals surface area contributed by atoms with Crippen LogP contribution in [0.25, 0.3) is 0 Å². The van der Waals surface area contributed by atoms with Crippen LogP contribution in [-0.2, 0) is 0 Å². The van der Waals surface area contributed by atoms with Gasteiger partial charge in [-0.15, -0.1) is 0 Å². The van der Waals surface area contributed by atoms with Gasteiger partial charge in [-0.05, 0) is 75.0 Å². The summed E-state index contributed by atoms with van der Waals surface area (Å²) >= 11 is 0. The van der Waals surface area contributed by atoms with Gasteiger partial charge in [0.25, 0.3) is 0 Å². The van der Waals surface area contributed by atoms with Gasteiger partial charge in [0.05, 0.1) is 0 Å². The average Bonchev–Trinajstić information content (AvgIpc) is 2.62. The van der Waals surface area contributed by atoms with Crippen LogP contribution >= 0.6 is 0 Å². The van der Waals surface area contributed by atoms with Crippen LogP contribution in [0.4, 0.5) is 4.39 Å². The monoisotopic (exact) mass is 366 g/mol. The molecule has 0 saturated heterocycles. The highest BCUT2D eigenvalue weighted by atomic mass is 19.1. The lowest BCUT2D eigenvalue weighted by molar-refractivity contribution is 0.187. The maximum Gasteiger partial charge on any atom is 0.100 e. The summed E-state index contributed by atoms with van der Waals surface area (Å²) in [5.74, 6) is 4.17. The molecule has 7 atom stereocenters. The van der Waals surface area contributed by atoms with Gasteiger partial charge in [-0.2, -0.15) is 0 Å². The molecule has 154 valence electrons. The molecule has 0 amide bonds. The van der Waals surface area contributed by atoms with Gasteiger partial charge < -0.3 is 0 Å². The SMILES string of the molecule is CCC(C)CC(CCC(CC)CCCC1C(C)CC=C(C)C1C)C(C)F. The van der Waals surface area contributed by atoms with E-state index in [1.165, 1.54) is 44.9 Å². The minimum Gasteiger partial charge on any atom is -0.247 e. The highest BCUT2D eigenvalue weighted by Gasteiger charge is 2.27. The number of hydrogen-bond donors (Lipinski definition) is 0. The summed E-state index contributed by atoms with van der Waals surface area (Å²) in [7, 11) is 0. The number of rotatable bonds is 12. The third-order valence-electron chi connectivity index (χ3n) is 7.63. The first-order chi connectivity index (χ1) is 12.3. The van der Waals surface area contributed by atoms with Crippen LogP contribution in [0.1, 0.15) is 106 Å². The van der Waals surface area contributed by atoms with Crippen molar-refractivity contribution in [2.24, 2.45) is 35.5 Å². The Morgan fingerprint density at radius 3 is 2.35 bits per heavy atom. The highest BCUT2D eigenvalue weighted by molar-refractivity contribution is 5.09. The van der Waals surface area contributed by atoms with Crippen LogP contribution in [-0.4, -0.2) is 6.17 Å². The zero-order chi connectivity index (χ0) is 19.7. The molecular formula is C25H47F. The van der Waals surface area contributed by atoms with E-state index in [0.717, 1.165) is 36.5 Å². The van der Waals surface area contributed by atoms with E-state index < -0.39 is 6.17 Å². The Hall–Kier alpha value is -0.330. The molecule has 0 N–H and O–H groups in total. The Balaban J connectivity index is 2.41. The van der Waals surface area contributed by atoms with Gasteiger partial charge in [0.2, 0.25) is 0 Å². The van der Waals surface area contributed by atoms with E-state index in [4.69, 9.17) is 0 Å². The van der Waals surface area contributed by atoms with Gasteiger partial charge in [0.15, 0.2) is 0 Å². The lowest BCUT2D eigenvalue weighted by Gasteiger charge is -2.34. The van der Waals surface area contributed by atoms with Crippen LogP contribution in [0.2, 0.25) is 0 Å². The molecule has 1 aliphatic carbocycles. The summed E-state index contributed by atoms with van der Waals surface area (Å²) in [4.78, 5) is 0. The van der Waals surface area contributed by atoms with E-state index in [9.17, 15) is 4.39 Å². The number of halogens is 1. The van der Waals surface area contributed by atoms with Crippen LogP contribution < -0.4 is 0 Å². The average molecular weight is 367 g/mol. The first-order valence-corrected chi connectivity index (χ1v) is 11.6. The first-order valence-electron chi connectivity index (χ1n) is 11.6. The summed E-state index contributed by atoms with van der Waals surface area (Å²) < 4.78 is 14.0. The molecule has 1 heteroatoms. The largest absolute Gasteiger partial charge is 0.247 e. The van der Waals surface area contributed by atoms with Crippen molar-refractivity contribution in [1.82, 2.24) is 0 Å². The van der Waals surface area contributed by atoms with E-state index in [2.05, 4.69) is 47.6 Å². The van der Waals surface area contributed by atoms with Crippen LogP contribution in [0.3, 0.4) is 0 Å². The fraction of sp³-hybridized carbons (Fsp3) is 0.920. The topological polar surface area (TPSA) is 0 Å². The van der Waals surface area contributed by atoms with Crippen molar-refractivity contribution >= 4 is 0 Å². The van der Waals surface area contributed by atoms with E-state index >= 15 is 0 Å². The molecule has 0 fully saturated rings. The lowest BCUT2D eigenvalue weighted by atomic mass is 9.71. The molecule has 1 aliphatic rings. The first kappa shape index (κ1) is 23.7. The molecule has 0 aromatic carbocycles. The zero-order valence-corrected chi connectivity index (χ0v) is 18.9. The fourth-order valence-corrected chi connectivity index (χ4v) is 4.96. The van der Waals surface area contributed by atoms with E-state index in [0.29, 0.717) is 5.92 Å². The summed E-state index contributed by atoms with van der Waals surface area (Å²) in [5, 5.41) is 0. The second kappa shape index (κ2) is 12.2. The Kier molecular flexibility index (Phi) is 11.1. The Bertz CT molecular complexity index is 397. The standard InChI is InChI=1S/C25H47F/c1-8-18(3)17-24(22(7)26)16-15-23(9-2)11-10-12-25-20(5)14-13-19(4)21(25)6/h13,18,20-25H,8-12,14-17H2,1-7H3. The van der Waals surface area contributed by atoms with Crippen molar-refractivity contribution in [1.29, 1.82) is 0 Å². The number of hydrogen-bond acceptors (Lipinski definition) is 0. The predicted molar refractivity (Wildman–Crippen MR) is 115 cm³/mol. The van der Waals surface area contributed by atoms with Gasteiger partial charge in [-0.3, -0.25) is 0 Å². The second-order valence-corrected chi connectivity index (χ2v) is 9.58. The lowest BCUT2D eigenvalue weighted by Crippen LogP contribution is -2.24. The fourth-order valence-electron chi connectivity index (χ4n) is 4.96. The molecule has 0 nitrogen and oxygen atoms in total. The quantitative estimate of drug-likeness (QED) is 0.303. The minimum absolute atomic E-state index is 0.269. The zero-order valence-electron chi connectivity index (χ0n) is 18.9. The Labute approximate surface area is 164 Å². The van der Waals surface area contributed by atoms with Crippen molar-refractivity contribution in [3.63, 3.8) is 0 Å². The number of allylic oxidation sites excluding steroid dienone is 2. The highest BCUT2D eigenvalue weighted by Crippen LogP contribution is 2.38. The Morgan fingerprint density at radius 1 is 1.08 bits per heavy atom. The molecule has 26 heavy (non-hydrogen) atoms. The van der Waals surface area contributed by atoms with Gasteiger partial charge in [0, 0.05) is 0 Å². The third kappa shape index (κ3) is 7.73. The predicted octanol–water partition coefficient (Wildman–Crippen LogP) is 8.61. The Morgan fingerprint density at radius 2 is 1.77 bits per heavy atom. The number of alkyl halides is 1. The molecule has 0 heterocycles. The summed E-state index contributed by atoms with van der Waals surface area (Å²) in [6.07, 6.45) is 12.9. The van der Waals surface area contributed by atoms with E-state index in [1.54, 1.807) is 12.5 Å². The van der Waals surface area contributed by atoms with Gasteiger partial charge in [-0.1, -0.05) is 78.4 Å². The molecule has 0 spiro atoms. The summed E-state index contributed by atoms with van der Waals surface area (Å²) in [6.45, 7) is 15.8. The summed E-state index contributed by atoms with van der Waals surface area (Å²) in [5.41, 5.74) is 1.60. The van der Waals surface area contributed by atoms with Crippen molar-refractivity contribution in [2.45, 2.75) is 112 Å². The van der Waals surface area contributed by atoms with Crippen LogP contribution in [0, 0.1) is 35.5 Å². The molecule has 0 aromatic heterocycles.